The summed E-state index contributed by atoms with van der Waals surface area (Å²) in [7, 11) is 1.94. The second-order valence-electron chi connectivity index (χ2n) is 4.88. The van der Waals surface area contributed by atoms with E-state index < -0.39 is 6.10 Å². The molecule has 0 saturated heterocycles. The molecule has 0 aliphatic carbocycles. The van der Waals surface area contributed by atoms with Gasteiger partial charge in [0.2, 0.25) is 0 Å². The van der Waals surface area contributed by atoms with Gasteiger partial charge in [-0.25, -0.2) is 0 Å². The Balaban J connectivity index is 2.86. The zero-order chi connectivity index (χ0) is 10.9. The highest BCUT2D eigenvalue weighted by Gasteiger charge is 2.29. The van der Waals surface area contributed by atoms with Gasteiger partial charge >= 0.3 is 0 Å². The van der Waals surface area contributed by atoms with Crippen molar-refractivity contribution in [3.8, 4) is 0 Å². The molecule has 0 saturated carbocycles. The monoisotopic (exact) mass is 196 g/mol. The Morgan fingerprint density at radius 1 is 1.43 bits per heavy atom. The van der Waals surface area contributed by atoms with E-state index in [1.165, 1.54) is 0 Å². The molecular weight excluding hydrogens is 176 g/mol. The molecule has 3 heteroatoms. The molecule has 0 aromatic carbocycles. The van der Waals surface area contributed by atoms with Gasteiger partial charge in [-0.05, 0) is 17.5 Å². The van der Waals surface area contributed by atoms with Crippen molar-refractivity contribution < 1.29 is 5.11 Å². The quantitative estimate of drug-likeness (QED) is 0.752. The van der Waals surface area contributed by atoms with Gasteiger partial charge in [0, 0.05) is 18.9 Å². The smallest absolute Gasteiger partial charge is 0.0795 e. The second-order valence-corrected chi connectivity index (χ2v) is 4.88. The van der Waals surface area contributed by atoms with Crippen LogP contribution in [0.2, 0.25) is 0 Å². The number of hydrogen-bond acceptors (Lipinski definition) is 2. The van der Waals surface area contributed by atoms with Crippen molar-refractivity contribution in [2.45, 2.75) is 32.9 Å². The maximum atomic E-state index is 10.0. The van der Waals surface area contributed by atoms with Crippen LogP contribution in [0, 0.1) is 5.41 Å². The van der Waals surface area contributed by atoms with E-state index in [0.29, 0.717) is 0 Å². The lowest BCUT2D eigenvalue weighted by Crippen LogP contribution is -2.37. The zero-order valence-corrected chi connectivity index (χ0v) is 9.36. The Kier molecular flexibility index (Phi) is 3.02. The van der Waals surface area contributed by atoms with Gasteiger partial charge in [-0.15, -0.1) is 0 Å². The summed E-state index contributed by atoms with van der Waals surface area (Å²) >= 11 is 0. The van der Waals surface area contributed by atoms with E-state index in [-0.39, 0.29) is 11.5 Å². The Bertz CT molecular complexity index is 298. The van der Waals surface area contributed by atoms with Gasteiger partial charge < -0.3 is 15.4 Å². The van der Waals surface area contributed by atoms with Gasteiger partial charge in [-0.3, -0.25) is 0 Å². The highest BCUT2D eigenvalue weighted by atomic mass is 16.3. The van der Waals surface area contributed by atoms with Crippen LogP contribution in [-0.4, -0.2) is 15.8 Å². The van der Waals surface area contributed by atoms with Gasteiger partial charge in [0.05, 0.1) is 12.1 Å². The maximum absolute atomic E-state index is 10.0. The molecule has 0 aliphatic rings. The fourth-order valence-electron chi connectivity index (χ4n) is 1.52. The summed E-state index contributed by atoms with van der Waals surface area (Å²) in [6.07, 6.45) is 1.40. The average Bonchev–Trinajstić information content (AvgIpc) is 2.47. The largest absolute Gasteiger partial charge is 0.391 e. The second kappa shape index (κ2) is 3.75. The van der Waals surface area contributed by atoms with E-state index in [9.17, 15) is 5.11 Å². The summed E-state index contributed by atoms with van der Waals surface area (Å²) in [6, 6.07) is 3.56. The predicted octanol–water partition coefficient (Wildman–Crippen LogP) is 1.43. The summed E-state index contributed by atoms with van der Waals surface area (Å²) in [5.74, 6) is 0. The third-order valence-electron chi connectivity index (χ3n) is 2.55. The van der Waals surface area contributed by atoms with E-state index in [1.807, 2.05) is 50.7 Å². The number of rotatable bonds is 2. The zero-order valence-electron chi connectivity index (χ0n) is 9.36. The first-order valence-corrected chi connectivity index (χ1v) is 4.89. The van der Waals surface area contributed by atoms with Gasteiger partial charge in [0.15, 0.2) is 0 Å². The minimum absolute atomic E-state index is 0.191. The van der Waals surface area contributed by atoms with Crippen LogP contribution in [0.3, 0.4) is 0 Å². The summed E-state index contributed by atoms with van der Waals surface area (Å²) in [4.78, 5) is 0. The molecule has 1 aromatic rings. The molecule has 0 radical (unpaired) electrons. The Hall–Kier alpha value is -0.800. The average molecular weight is 196 g/mol. The third-order valence-corrected chi connectivity index (χ3v) is 2.55. The number of aliphatic hydroxyl groups is 1. The normalized spacial score (nSPS) is 16.7. The standard InChI is InChI=1S/C11H20N2O/c1-11(2,3)10(14)9(12)8-6-5-7-13(8)4/h5-7,9-10,14H,12H2,1-4H3/t9-,10-/m1/s1. The van der Waals surface area contributed by atoms with Crippen LogP contribution in [0.15, 0.2) is 18.3 Å². The van der Waals surface area contributed by atoms with Crippen molar-refractivity contribution >= 4 is 0 Å². The SMILES string of the molecule is Cn1cccc1[C@@H](N)[C@@H](O)C(C)(C)C. The molecule has 0 aliphatic heterocycles. The number of hydrogen-bond donors (Lipinski definition) is 2. The van der Waals surface area contributed by atoms with Crippen LogP contribution in [0.25, 0.3) is 0 Å². The van der Waals surface area contributed by atoms with Crippen LogP contribution < -0.4 is 5.73 Å². The molecule has 0 amide bonds. The molecule has 0 unspecified atom stereocenters. The number of aliphatic hydroxyl groups excluding tert-OH is 1. The van der Waals surface area contributed by atoms with Gasteiger partial charge in [-0.2, -0.15) is 0 Å². The Morgan fingerprint density at radius 2 is 2.00 bits per heavy atom. The molecule has 3 N–H and O–H groups in total. The van der Waals surface area contributed by atoms with Gasteiger partial charge in [0.1, 0.15) is 0 Å². The lowest BCUT2D eigenvalue weighted by atomic mass is 9.84. The van der Waals surface area contributed by atoms with E-state index in [2.05, 4.69) is 0 Å². The van der Waals surface area contributed by atoms with Crippen LogP contribution in [0.5, 0.6) is 0 Å². The first kappa shape index (κ1) is 11.3. The van der Waals surface area contributed by atoms with Crippen molar-refractivity contribution in [2.24, 2.45) is 18.2 Å². The molecule has 0 fully saturated rings. The molecular formula is C11H20N2O. The van der Waals surface area contributed by atoms with E-state index in [1.54, 1.807) is 0 Å². The number of nitrogens with zero attached hydrogens (tertiary/aromatic N) is 1. The first-order chi connectivity index (χ1) is 6.34. The molecule has 2 atom stereocenters. The van der Waals surface area contributed by atoms with E-state index in [4.69, 9.17) is 5.73 Å². The topological polar surface area (TPSA) is 51.2 Å². The maximum Gasteiger partial charge on any atom is 0.0795 e. The van der Waals surface area contributed by atoms with Gasteiger partial charge in [-0.1, -0.05) is 20.8 Å². The van der Waals surface area contributed by atoms with Crippen molar-refractivity contribution in [1.29, 1.82) is 0 Å². The number of aromatic nitrogens is 1. The Morgan fingerprint density at radius 3 is 2.36 bits per heavy atom. The minimum atomic E-state index is -0.531. The molecule has 0 bridgehead atoms. The van der Waals surface area contributed by atoms with Crippen LogP contribution >= 0.6 is 0 Å². The fraction of sp³-hybridized carbons (Fsp3) is 0.636. The predicted molar refractivity (Wildman–Crippen MR) is 57.8 cm³/mol. The van der Waals surface area contributed by atoms with Crippen molar-refractivity contribution in [3.05, 3.63) is 24.0 Å². The van der Waals surface area contributed by atoms with Gasteiger partial charge in [0.25, 0.3) is 0 Å². The van der Waals surface area contributed by atoms with Crippen molar-refractivity contribution in [2.75, 3.05) is 0 Å². The van der Waals surface area contributed by atoms with Crippen molar-refractivity contribution in [1.82, 2.24) is 4.57 Å². The first-order valence-electron chi connectivity index (χ1n) is 4.89. The molecule has 1 rings (SSSR count). The van der Waals surface area contributed by atoms with Crippen LogP contribution in [0.4, 0.5) is 0 Å². The molecule has 1 aromatic heterocycles. The molecule has 0 spiro atoms. The van der Waals surface area contributed by atoms with E-state index in [0.717, 1.165) is 5.69 Å². The number of nitrogens with two attached hydrogens (primary N) is 1. The van der Waals surface area contributed by atoms with Crippen LogP contribution in [-0.2, 0) is 7.05 Å². The molecule has 1 heterocycles. The number of aryl methyl sites for hydroxylation is 1. The lowest BCUT2D eigenvalue weighted by Gasteiger charge is -2.31. The molecule has 14 heavy (non-hydrogen) atoms. The van der Waals surface area contributed by atoms with Crippen LogP contribution in [0.1, 0.15) is 32.5 Å². The fourth-order valence-corrected chi connectivity index (χ4v) is 1.52. The molecule has 80 valence electrons. The molecule has 3 nitrogen and oxygen atoms in total. The van der Waals surface area contributed by atoms with E-state index >= 15 is 0 Å². The summed E-state index contributed by atoms with van der Waals surface area (Å²) in [5.41, 5.74) is 6.77. The summed E-state index contributed by atoms with van der Waals surface area (Å²) in [5, 5.41) is 10.0. The highest BCUT2D eigenvalue weighted by molar-refractivity contribution is 5.13. The minimum Gasteiger partial charge on any atom is -0.391 e. The lowest BCUT2D eigenvalue weighted by molar-refractivity contribution is 0.0382. The third kappa shape index (κ3) is 2.16. The highest BCUT2D eigenvalue weighted by Crippen LogP contribution is 2.28. The Labute approximate surface area is 85.5 Å². The summed E-state index contributed by atoms with van der Waals surface area (Å²) in [6.45, 7) is 5.96. The van der Waals surface area contributed by atoms with Crippen molar-refractivity contribution in [3.63, 3.8) is 0 Å². The summed E-state index contributed by atoms with van der Waals surface area (Å²) < 4.78 is 1.94.